The largest absolute Gasteiger partial charge is 0.459 e. The van der Waals surface area contributed by atoms with E-state index in [0.717, 1.165) is 46.6 Å². The molecule has 1 amide bonds. The lowest BCUT2D eigenvalue weighted by atomic mass is 9.92. The molecule has 9 nitrogen and oxygen atoms in total. The number of aromatic nitrogens is 2. The Morgan fingerprint density at radius 2 is 1.98 bits per heavy atom. The Hall–Kier alpha value is -3.94. The van der Waals surface area contributed by atoms with Crippen molar-refractivity contribution in [3.05, 3.63) is 76.5 Å². The van der Waals surface area contributed by atoms with E-state index in [-0.39, 0.29) is 19.2 Å². The number of hydrogen-bond donors (Lipinski definition) is 0. The fourth-order valence-electron chi connectivity index (χ4n) is 6.78. The van der Waals surface area contributed by atoms with Crippen LogP contribution >= 0.6 is 11.6 Å². The van der Waals surface area contributed by atoms with E-state index >= 15 is 0 Å². The molecule has 0 unspecified atom stereocenters. The van der Waals surface area contributed by atoms with Gasteiger partial charge in [-0.2, -0.15) is 9.97 Å². The van der Waals surface area contributed by atoms with Crippen molar-refractivity contribution in [2.75, 3.05) is 56.1 Å². The SMILES string of the molecule is [C-]#[N+]C[C@H]1CN(c2nc(O[C@@H](C)CN(C)C3CCC3)nc3c2CCN(c2cccc4cccc(Cl)c24)C3)CCN1C(=O)C(=C)F. The van der Waals surface area contributed by atoms with E-state index in [1.807, 2.05) is 25.1 Å². The first kappa shape index (κ1) is 31.1. The molecule has 2 atom stereocenters. The van der Waals surface area contributed by atoms with Crippen molar-refractivity contribution >= 4 is 39.8 Å². The van der Waals surface area contributed by atoms with Gasteiger partial charge in [-0.1, -0.05) is 48.9 Å². The minimum absolute atomic E-state index is 0.0618. The highest BCUT2D eigenvalue weighted by atomic mass is 35.5. The van der Waals surface area contributed by atoms with Gasteiger partial charge in [-0.15, -0.1) is 0 Å². The molecule has 1 aromatic heterocycles. The average molecular weight is 632 g/mol. The highest BCUT2D eigenvalue weighted by Crippen LogP contribution is 2.37. The standard InChI is InChI=1S/C34H39ClFN7O2/c1-22(19-40(4)25-10-7-11-25)45-34-38-29-21-41(30-13-6-9-24-8-5-12-28(35)31(24)30)15-14-27(29)32(39-34)42-16-17-43(33(44)23(2)36)26(20-42)18-37-3/h5-6,8-9,12-13,22,25-26H,2,7,10-11,14-21H2,1,4H3/t22-,26-/m0/s1. The van der Waals surface area contributed by atoms with Gasteiger partial charge in [-0.25, -0.2) is 11.0 Å². The Morgan fingerprint density at radius 1 is 1.20 bits per heavy atom. The van der Waals surface area contributed by atoms with Crippen LogP contribution in [0.1, 0.15) is 37.4 Å². The van der Waals surface area contributed by atoms with Gasteiger partial charge in [-0.3, -0.25) is 9.69 Å². The summed E-state index contributed by atoms with van der Waals surface area (Å²) in [6.07, 6.45) is 4.27. The number of carbonyl (C=O) groups excluding carboxylic acids is 1. The number of piperazine rings is 1. The zero-order valence-corrected chi connectivity index (χ0v) is 26.6. The van der Waals surface area contributed by atoms with E-state index in [2.05, 4.69) is 51.4 Å². The molecule has 0 bridgehead atoms. The molecule has 45 heavy (non-hydrogen) atoms. The predicted molar refractivity (Wildman–Crippen MR) is 176 cm³/mol. The molecular formula is C34H39ClFN7O2. The number of carbonyl (C=O) groups is 1. The number of benzene rings is 2. The summed E-state index contributed by atoms with van der Waals surface area (Å²) in [7, 11) is 2.14. The number of likely N-dealkylation sites (N-methyl/N-ethyl adjacent to an activating group) is 1. The molecule has 2 aliphatic heterocycles. The van der Waals surface area contributed by atoms with Crippen LogP contribution in [0.25, 0.3) is 15.6 Å². The first-order valence-corrected chi connectivity index (χ1v) is 16.0. The van der Waals surface area contributed by atoms with Crippen LogP contribution in [0.5, 0.6) is 6.01 Å². The van der Waals surface area contributed by atoms with Crippen LogP contribution in [0, 0.1) is 6.57 Å². The van der Waals surface area contributed by atoms with Gasteiger partial charge in [0.1, 0.15) is 18.0 Å². The summed E-state index contributed by atoms with van der Waals surface area (Å²) in [5.74, 6) is -1.01. The lowest BCUT2D eigenvalue weighted by Crippen LogP contribution is -2.57. The highest BCUT2D eigenvalue weighted by molar-refractivity contribution is 6.36. The Bertz CT molecular complexity index is 1640. The van der Waals surface area contributed by atoms with Crippen LogP contribution in [-0.2, 0) is 17.8 Å². The van der Waals surface area contributed by atoms with Crippen molar-refractivity contribution in [2.45, 2.75) is 57.3 Å². The van der Waals surface area contributed by atoms with E-state index in [4.69, 9.17) is 32.9 Å². The maximum absolute atomic E-state index is 13.8. The molecule has 0 N–H and O–H groups in total. The van der Waals surface area contributed by atoms with Crippen LogP contribution in [0.4, 0.5) is 15.9 Å². The number of ether oxygens (including phenoxy) is 1. The summed E-state index contributed by atoms with van der Waals surface area (Å²) >= 11 is 6.70. The van der Waals surface area contributed by atoms with Crippen LogP contribution in [0.15, 0.2) is 48.8 Å². The van der Waals surface area contributed by atoms with Gasteiger partial charge < -0.3 is 24.3 Å². The van der Waals surface area contributed by atoms with E-state index in [1.54, 1.807) is 0 Å². The van der Waals surface area contributed by atoms with Crippen molar-refractivity contribution in [2.24, 2.45) is 0 Å². The van der Waals surface area contributed by atoms with Crippen LogP contribution in [0.3, 0.4) is 0 Å². The van der Waals surface area contributed by atoms with Gasteiger partial charge in [0.25, 0.3) is 5.91 Å². The number of nitrogens with zero attached hydrogens (tertiary/aromatic N) is 7. The molecule has 0 spiro atoms. The van der Waals surface area contributed by atoms with Crippen molar-refractivity contribution < 1.29 is 13.9 Å². The summed E-state index contributed by atoms with van der Waals surface area (Å²) in [5, 5.41) is 2.80. The van der Waals surface area contributed by atoms with Crippen LogP contribution < -0.4 is 14.5 Å². The van der Waals surface area contributed by atoms with Gasteiger partial charge in [0.15, 0.2) is 5.83 Å². The van der Waals surface area contributed by atoms with Gasteiger partial charge >= 0.3 is 6.01 Å². The second-order valence-electron chi connectivity index (χ2n) is 12.3. The fraction of sp³-hybridized carbons (Fsp3) is 0.471. The van der Waals surface area contributed by atoms with Crippen molar-refractivity contribution in [1.29, 1.82) is 0 Å². The maximum Gasteiger partial charge on any atom is 0.318 e. The summed E-state index contributed by atoms with van der Waals surface area (Å²) in [6, 6.07) is 12.6. The minimum Gasteiger partial charge on any atom is -0.459 e. The minimum atomic E-state index is -1.01. The number of amides is 1. The molecule has 0 radical (unpaired) electrons. The zero-order chi connectivity index (χ0) is 31.7. The zero-order valence-electron chi connectivity index (χ0n) is 25.9. The summed E-state index contributed by atoms with van der Waals surface area (Å²) in [5.41, 5.74) is 2.96. The van der Waals surface area contributed by atoms with E-state index in [0.29, 0.717) is 43.1 Å². The highest BCUT2D eigenvalue weighted by Gasteiger charge is 2.36. The number of rotatable bonds is 9. The molecule has 236 valence electrons. The second-order valence-corrected chi connectivity index (χ2v) is 12.7. The predicted octanol–water partition coefficient (Wildman–Crippen LogP) is 5.52. The lowest BCUT2D eigenvalue weighted by Gasteiger charge is -2.41. The molecule has 3 aromatic rings. The van der Waals surface area contributed by atoms with Crippen molar-refractivity contribution in [3.63, 3.8) is 0 Å². The van der Waals surface area contributed by atoms with Gasteiger partial charge in [0.05, 0.1) is 17.3 Å². The first-order valence-electron chi connectivity index (χ1n) is 15.7. The number of halogens is 2. The molecule has 2 fully saturated rings. The van der Waals surface area contributed by atoms with Crippen molar-refractivity contribution in [1.82, 2.24) is 19.8 Å². The Balaban J connectivity index is 1.33. The van der Waals surface area contributed by atoms with Crippen LogP contribution in [0.2, 0.25) is 5.02 Å². The molecule has 6 rings (SSSR count). The fourth-order valence-corrected chi connectivity index (χ4v) is 7.06. The van der Waals surface area contributed by atoms with Crippen LogP contribution in [-0.4, -0.2) is 90.2 Å². The van der Waals surface area contributed by atoms with E-state index in [1.165, 1.54) is 24.2 Å². The van der Waals surface area contributed by atoms with E-state index < -0.39 is 17.8 Å². The monoisotopic (exact) mass is 631 g/mol. The molecule has 1 saturated carbocycles. The molecular weight excluding hydrogens is 593 g/mol. The molecule has 3 aliphatic rings. The van der Waals surface area contributed by atoms with Crippen molar-refractivity contribution in [3.8, 4) is 6.01 Å². The maximum atomic E-state index is 13.8. The average Bonchev–Trinajstić information content (AvgIpc) is 2.99. The Kier molecular flexibility index (Phi) is 9.11. The molecule has 3 heterocycles. The quantitative estimate of drug-likeness (QED) is 0.228. The molecule has 11 heteroatoms. The normalized spacial score (nSPS) is 19.2. The summed E-state index contributed by atoms with van der Waals surface area (Å²) in [4.78, 5) is 34.2. The third-order valence-corrected chi connectivity index (χ3v) is 9.64. The summed E-state index contributed by atoms with van der Waals surface area (Å²) < 4.78 is 20.2. The third-order valence-electron chi connectivity index (χ3n) is 9.32. The lowest BCUT2D eigenvalue weighted by molar-refractivity contribution is -0.131. The number of anilines is 2. The first-order chi connectivity index (χ1) is 21.7. The third kappa shape index (κ3) is 6.42. The molecule has 2 aromatic carbocycles. The molecule has 1 aliphatic carbocycles. The molecule has 1 saturated heterocycles. The topological polar surface area (TPSA) is 69.4 Å². The second kappa shape index (κ2) is 13.2. The Labute approximate surface area is 269 Å². The Morgan fingerprint density at radius 3 is 2.69 bits per heavy atom. The van der Waals surface area contributed by atoms with Gasteiger partial charge in [0, 0.05) is 55.4 Å². The summed E-state index contributed by atoms with van der Waals surface area (Å²) in [6.45, 7) is 15.9. The van der Waals surface area contributed by atoms with Gasteiger partial charge in [0.2, 0.25) is 6.54 Å². The van der Waals surface area contributed by atoms with E-state index in [9.17, 15) is 9.18 Å². The number of fused-ring (bicyclic) bond motifs is 2. The number of hydrogen-bond acceptors (Lipinski definition) is 7. The smallest absolute Gasteiger partial charge is 0.318 e. The van der Waals surface area contributed by atoms with Gasteiger partial charge in [-0.05, 0) is 50.8 Å².